The fraction of sp³-hybridized carbons (Fsp3) is 0.235. The monoisotopic (exact) mass is 344 g/mol. The molecule has 21 heavy (non-hydrogen) atoms. The van der Waals surface area contributed by atoms with Gasteiger partial charge < -0.3 is 9.80 Å². The van der Waals surface area contributed by atoms with Crippen molar-refractivity contribution in [1.82, 2.24) is 4.90 Å². The summed E-state index contributed by atoms with van der Waals surface area (Å²) in [5.74, 6) is 0.0765. The molecule has 1 aliphatic heterocycles. The Hall–Kier alpha value is -1.81. The number of para-hydroxylation sites is 1. The molecule has 0 bridgehead atoms. The summed E-state index contributed by atoms with van der Waals surface area (Å²) in [7, 11) is 2.07. The quantitative estimate of drug-likeness (QED) is 0.789. The van der Waals surface area contributed by atoms with Crippen molar-refractivity contribution in [2.45, 2.75) is 6.54 Å². The van der Waals surface area contributed by atoms with E-state index in [4.69, 9.17) is 0 Å². The highest BCUT2D eigenvalue weighted by atomic mass is 79.9. The number of carbonyl (C=O) groups excluding carboxylic acids is 1. The van der Waals surface area contributed by atoms with Crippen LogP contribution in [0.4, 0.5) is 5.69 Å². The third-order valence-corrected chi connectivity index (χ3v) is 4.55. The van der Waals surface area contributed by atoms with Crippen LogP contribution in [0.5, 0.6) is 0 Å². The molecule has 0 fully saturated rings. The van der Waals surface area contributed by atoms with Crippen molar-refractivity contribution in [3.63, 3.8) is 0 Å². The number of carbonyl (C=O) groups is 1. The molecule has 0 unspecified atom stereocenters. The summed E-state index contributed by atoms with van der Waals surface area (Å²) in [6.45, 7) is 2.22. The van der Waals surface area contributed by atoms with Gasteiger partial charge in [0.15, 0.2) is 0 Å². The molecular formula is C17H17BrN2O. The second-order valence-electron chi connectivity index (χ2n) is 5.26. The molecule has 1 aliphatic rings. The van der Waals surface area contributed by atoms with Crippen molar-refractivity contribution < 1.29 is 4.79 Å². The molecule has 0 N–H and O–H groups in total. The Bertz CT molecular complexity index is 671. The number of anilines is 1. The fourth-order valence-corrected chi connectivity index (χ4v) is 3.13. The molecule has 2 aromatic carbocycles. The van der Waals surface area contributed by atoms with Crippen LogP contribution in [0, 0.1) is 0 Å². The highest BCUT2D eigenvalue weighted by Gasteiger charge is 2.23. The van der Waals surface area contributed by atoms with Crippen LogP contribution in [0.1, 0.15) is 15.9 Å². The first-order valence-electron chi connectivity index (χ1n) is 6.99. The minimum Gasteiger partial charge on any atom is -0.373 e. The van der Waals surface area contributed by atoms with E-state index in [0.29, 0.717) is 6.54 Å². The van der Waals surface area contributed by atoms with Crippen LogP contribution < -0.4 is 4.90 Å². The summed E-state index contributed by atoms with van der Waals surface area (Å²) in [6, 6.07) is 15.9. The second-order valence-corrected chi connectivity index (χ2v) is 6.11. The van der Waals surface area contributed by atoms with Crippen molar-refractivity contribution in [2.75, 3.05) is 25.0 Å². The van der Waals surface area contributed by atoms with Crippen molar-refractivity contribution in [3.05, 3.63) is 64.1 Å². The molecule has 0 radical (unpaired) electrons. The van der Waals surface area contributed by atoms with Gasteiger partial charge in [0.25, 0.3) is 5.91 Å². The van der Waals surface area contributed by atoms with E-state index in [1.54, 1.807) is 0 Å². The predicted octanol–water partition coefficient (Wildman–Crippen LogP) is 3.54. The molecular weight excluding hydrogens is 328 g/mol. The predicted molar refractivity (Wildman–Crippen MR) is 88.6 cm³/mol. The standard InChI is InChI=1S/C17H17BrN2O/c1-19-10-11-20(12-13-6-2-5-9-16(13)19)17(21)14-7-3-4-8-15(14)18/h2-9H,10-12H2,1H3. The summed E-state index contributed by atoms with van der Waals surface area (Å²) in [5, 5.41) is 0. The zero-order chi connectivity index (χ0) is 14.8. The van der Waals surface area contributed by atoms with Gasteiger partial charge >= 0.3 is 0 Å². The summed E-state index contributed by atoms with van der Waals surface area (Å²) in [5.41, 5.74) is 3.12. The van der Waals surface area contributed by atoms with E-state index in [1.807, 2.05) is 41.3 Å². The van der Waals surface area contributed by atoms with Crippen molar-refractivity contribution in [2.24, 2.45) is 0 Å². The second kappa shape index (κ2) is 5.90. The lowest BCUT2D eigenvalue weighted by molar-refractivity contribution is 0.0751. The number of hydrogen-bond acceptors (Lipinski definition) is 2. The zero-order valence-corrected chi connectivity index (χ0v) is 13.5. The Morgan fingerprint density at radius 2 is 1.76 bits per heavy atom. The summed E-state index contributed by atoms with van der Waals surface area (Å²) < 4.78 is 0.848. The Morgan fingerprint density at radius 1 is 1.05 bits per heavy atom. The average Bonchev–Trinajstić information content (AvgIpc) is 2.67. The third kappa shape index (κ3) is 2.81. The summed E-state index contributed by atoms with van der Waals surface area (Å²) in [4.78, 5) is 16.9. The minimum atomic E-state index is 0.0765. The number of benzene rings is 2. The summed E-state index contributed by atoms with van der Waals surface area (Å²) >= 11 is 3.47. The molecule has 0 aromatic heterocycles. The maximum absolute atomic E-state index is 12.8. The van der Waals surface area contributed by atoms with E-state index in [9.17, 15) is 4.79 Å². The number of nitrogens with zero attached hydrogens (tertiary/aromatic N) is 2. The van der Waals surface area contributed by atoms with Crippen LogP contribution in [0.25, 0.3) is 0 Å². The number of likely N-dealkylation sites (N-methyl/N-ethyl adjacent to an activating group) is 1. The van der Waals surface area contributed by atoms with Crippen LogP contribution in [0.3, 0.4) is 0 Å². The lowest BCUT2D eigenvalue weighted by Crippen LogP contribution is -2.34. The molecule has 0 spiro atoms. The average molecular weight is 345 g/mol. The number of rotatable bonds is 1. The van der Waals surface area contributed by atoms with Crippen LogP contribution in [-0.4, -0.2) is 30.9 Å². The van der Waals surface area contributed by atoms with Gasteiger partial charge in [-0.3, -0.25) is 4.79 Å². The first-order valence-corrected chi connectivity index (χ1v) is 7.79. The number of hydrogen-bond donors (Lipinski definition) is 0. The van der Waals surface area contributed by atoms with E-state index in [0.717, 1.165) is 23.1 Å². The van der Waals surface area contributed by atoms with E-state index < -0.39 is 0 Å². The van der Waals surface area contributed by atoms with Gasteiger partial charge in [-0.25, -0.2) is 0 Å². The van der Waals surface area contributed by atoms with Crippen LogP contribution >= 0.6 is 15.9 Å². The van der Waals surface area contributed by atoms with Gasteiger partial charge in [-0.05, 0) is 39.7 Å². The Labute approximate surface area is 133 Å². The number of fused-ring (bicyclic) bond motifs is 1. The highest BCUT2D eigenvalue weighted by molar-refractivity contribution is 9.10. The van der Waals surface area contributed by atoms with Gasteiger partial charge in [-0.15, -0.1) is 0 Å². The molecule has 0 aliphatic carbocycles. The first-order chi connectivity index (χ1) is 10.2. The lowest BCUT2D eigenvalue weighted by Gasteiger charge is -2.21. The van der Waals surface area contributed by atoms with Gasteiger partial charge in [-0.1, -0.05) is 30.3 Å². The van der Waals surface area contributed by atoms with Crippen LogP contribution in [0.15, 0.2) is 53.0 Å². The molecule has 1 amide bonds. The maximum Gasteiger partial charge on any atom is 0.255 e. The Kier molecular flexibility index (Phi) is 3.97. The molecule has 0 saturated carbocycles. The normalized spacial score (nSPS) is 14.6. The third-order valence-electron chi connectivity index (χ3n) is 3.86. The van der Waals surface area contributed by atoms with E-state index >= 15 is 0 Å². The molecule has 3 rings (SSSR count). The maximum atomic E-state index is 12.8. The van der Waals surface area contributed by atoms with E-state index in [-0.39, 0.29) is 5.91 Å². The van der Waals surface area contributed by atoms with Crippen LogP contribution in [0.2, 0.25) is 0 Å². The van der Waals surface area contributed by atoms with E-state index in [1.165, 1.54) is 11.3 Å². The van der Waals surface area contributed by atoms with Gasteiger partial charge in [0, 0.05) is 36.8 Å². The first kappa shape index (κ1) is 14.1. The van der Waals surface area contributed by atoms with Gasteiger partial charge in [0.1, 0.15) is 0 Å². The molecule has 0 atom stereocenters. The van der Waals surface area contributed by atoms with Gasteiger partial charge in [-0.2, -0.15) is 0 Å². The van der Waals surface area contributed by atoms with Crippen molar-refractivity contribution in [1.29, 1.82) is 0 Å². The van der Waals surface area contributed by atoms with Crippen molar-refractivity contribution >= 4 is 27.5 Å². The largest absolute Gasteiger partial charge is 0.373 e. The van der Waals surface area contributed by atoms with Gasteiger partial charge in [0.2, 0.25) is 0 Å². The topological polar surface area (TPSA) is 23.6 Å². The number of halogens is 1. The fourth-order valence-electron chi connectivity index (χ4n) is 2.67. The molecule has 108 valence electrons. The van der Waals surface area contributed by atoms with Gasteiger partial charge in [0.05, 0.1) is 5.56 Å². The smallest absolute Gasteiger partial charge is 0.255 e. The Balaban J connectivity index is 1.91. The minimum absolute atomic E-state index is 0.0765. The molecule has 2 aromatic rings. The zero-order valence-electron chi connectivity index (χ0n) is 11.9. The van der Waals surface area contributed by atoms with Crippen LogP contribution in [-0.2, 0) is 6.54 Å². The molecule has 0 saturated heterocycles. The number of amides is 1. The SMILES string of the molecule is CN1CCN(C(=O)c2ccccc2Br)Cc2ccccc21. The van der Waals surface area contributed by atoms with E-state index in [2.05, 4.69) is 40.0 Å². The highest BCUT2D eigenvalue weighted by Crippen LogP contribution is 2.25. The molecule has 4 heteroatoms. The Morgan fingerprint density at radius 3 is 2.57 bits per heavy atom. The summed E-state index contributed by atoms with van der Waals surface area (Å²) in [6.07, 6.45) is 0. The molecule has 1 heterocycles. The lowest BCUT2D eigenvalue weighted by atomic mass is 10.1. The molecule has 3 nitrogen and oxygen atoms in total. The van der Waals surface area contributed by atoms with Crippen molar-refractivity contribution in [3.8, 4) is 0 Å².